The molecule has 0 nitrogen and oxygen atoms in total. The summed E-state index contributed by atoms with van der Waals surface area (Å²) in [4.78, 5) is 0. The summed E-state index contributed by atoms with van der Waals surface area (Å²) in [5, 5.41) is 5.63. The largest absolute Gasteiger partial charge is 0.0791 e. The first-order valence-corrected chi connectivity index (χ1v) is 13.5. The van der Waals surface area contributed by atoms with E-state index in [9.17, 15) is 0 Å². The summed E-state index contributed by atoms with van der Waals surface area (Å²) in [6.45, 7) is 32.0. The summed E-state index contributed by atoms with van der Waals surface area (Å²) < 4.78 is 0. The second kappa shape index (κ2) is 9.70. The highest BCUT2D eigenvalue weighted by Gasteiger charge is 2.22. The van der Waals surface area contributed by atoms with Crippen molar-refractivity contribution in [3.05, 3.63) is 79.9 Å². The minimum Gasteiger partial charge on any atom is -0.0791 e. The standard InChI is InChI=1S/C36H48/c1-21-23(3)27(7)33-30(18-20-36(12,13)14)34-28(8)24(4)22(2)26(6)32(34)29(31(33)25(21)5)17-15-16-19-35(9,10)11/h15-20H,1-14H3/b17-15+,19-16+,20-18+. The Kier molecular flexibility index (Phi) is 7.54. The summed E-state index contributed by atoms with van der Waals surface area (Å²) in [6, 6.07) is 0. The zero-order valence-electron chi connectivity index (χ0n) is 25.5. The number of benzene rings is 3. The van der Waals surface area contributed by atoms with E-state index in [2.05, 4.69) is 133 Å². The van der Waals surface area contributed by atoms with Gasteiger partial charge in [0.1, 0.15) is 0 Å². The predicted octanol–water partition coefficient (Wildman–Crippen LogP) is 11.1. The van der Waals surface area contributed by atoms with Crippen molar-refractivity contribution in [3.63, 3.8) is 0 Å². The molecular formula is C36H48. The Labute approximate surface area is 221 Å². The van der Waals surface area contributed by atoms with E-state index in [0.29, 0.717) is 0 Å². The third-order valence-electron chi connectivity index (χ3n) is 8.17. The molecule has 0 spiro atoms. The van der Waals surface area contributed by atoms with E-state index in [1.165, 1.54) is 77.2 Å². The molecular weight excluding hydrogens is 432 g/mol. The Morgan fingerprint density at radius 2 is 0.667 bits per heavy atom. The average molecular weight is 481 g/mol. The molecule has 0 aromatic heterocycles. The molecule has 0 heterocycles. The molecule has 3 rings (SSSR count). The molecule has 0 heteroatoms. The Morgan fingerprint density at radius 3 is 0.972 bits per heavy atom. The van der Waals surface area contributed by atoms with Gasteiger partial charge in [-0.25, -0.2) is 0 Å². The molecule has 3 aromatic rings. The van der Waals surface area contributed by atoms with Crippen molar-refractivity contribution in [1.29, 1.82) is 0 Å². The van der Waals surface area contributed by atoms with E-state index in [4.69, 9.17) is 0 Å². The van der Waals surface area contributed by atoms with Crippen LogP contribution in [0.4, 0.5) is 0 Å². The van der Waals surface area contributed by atoms with Gasteiger partial charge in [-0.2, -0.15) is 0 Å². The lowest BCUT2D eigenvalue weighted by Crippen LogP contribution is -2.04. The zero-order chi connectivity index (χ0) is 27.3. The predicted molar refractivity (Wildman–Crippen MR) is 165 cm³/mol. The molecule has 3 aromatic carbocycles. The lowest BCUT2D eigenvalue weighted by Gasteiger charge is -2.25. The van der Waals surface area contributed by atoms with Gasteiger partial charge in [-0.3, -0.25) is 0 Å². The number of hydrogen-bond acceptors (Lipinski definition) is 0. The van der Waals surface area contributed by atoms with Crippen LogP contribution < -0.4 is 0 Å². The van der Waals surface area contributed by atoms with Crippen LogP contribution in [0, 0.1) is 66.2 Å². The Morgan fingerprint density at radius 1 is 0.361 bits per heavy atom. The fraction of sp³-hybridized carbons (Fsp3) is 0.444. The van der Waals surface area contributed by atoms with E-state index in [1.54, 1.807) is 0 Å². The van der Waals surface area contributed by atoms with Crippen LogP contribution in [-0.2, 0) is 0 Å². The lowest BCUT2D eigenvalue weighted by atomic mass is 9.79. The third kappa shape index (κ3) is 5.10. The van der Waals surface area contributed by atoms with Gasteiger partial charge in [0, 0.05) is 0 Å². The highest BCUT2D eigenvalue weighted by Crippen LogP contribution is 2.44. The smallest absolute Gasteiger partial charge is 0.00640 e. The topological polar surface area (TPSA) is 0 Å². The quantitative estimate of drug-likeness (QED) is 0.258. The van der Waals surface area contributed by atoms with Crippen LogP contribution >= 0.6 is 0 Å². The Bertz CT molecular complexity index is 1350. The van der Waals surface area contributed by atoms with Crippen molar-refractivity contribution in [2.45, 2.75) is 96.9 Å². The lowest BCUT2D eigenvalue weighted by molar-refractivity contribution is 0.544. The average Bonchev–Trinajstić information content (AvgIpc) is 2.77. The molecule has 0 aliphatic rings. The van der Waals surface area contributed by atoms with E-state index in [-0.39, 0.29) is 10.8 Å². The fourth-order valence-corrected chi connectivity index (χ4v) is 5.38. The molecule has 0 radical (unpaired) electrons. The van der Waals surface area contributed by atoms with Crippen molar-refractivity contribution >= 4 is 33.7 Å². The second-order valence-corrected chi connectivity index (χ2v) is 13.1. The number of allylic oxidation sites excluding steroid dienone is 4. The van der Waals surface area contributed by atoms with Gasteiger partial charge in [-0.05, 0) is 143 Å². The Hall–Kier alpha value is -2.60. The number of hydrogen-bond donors (Lipinski definition) is 0. The first-order valence-electron chi connectivity index (χ1n) is 13.5. The number of aryl methyl sites for hydroxylation is 4. The summed E-state index contributed by atoms with van der Waals surface area (Å²) in [7, 11) is 0. The minimum atomic E-state index is 0.111. The van der Waals surface area contributed by atoms with E-state index in [0.717, 1.165) is 0 Å². The summed E-state index contributed by atoms with van der Waals surface area (Å²) in [5.74, 6) is 0. The van der Waals surface area contributed by atoms with Gasteiger partial charge < -0.3 is 0 Å². The molecule has 192 valence electrons. The van der Waals surface area contributed by atoms with E-state index < -0.39 is 0 Å². The maximum atomic E-state index is 2.42. The van der Waals surface area contributed by atoms with Gasteiger partial charge in [0.25, 0.3) is 0 Å². The molecule has 0 bridgehead atoms. The van der Waals surface area contributed by atoms with Crippen molar-refractivity contribution < 1.29 is 0 Å². The molecule has 0 saturated heterocycles. The molecule has 0 atom stereocenters. The third-order valence-corrected chi connectivity index (χ3v) is 8.17. The normalized spacial score (nSPS) is 13.5. The van der Waals surface area contributed by atoms with Crippen LogP contribution in [0.25, 0.3) is 33.7 Å². The fourth-order valence-electron chi connectivity index (χ4n) is 5.38. The van der Waals surface area contributed by atoms with Crippen LogP contribution in [-0.4, -0.2) is 0 Å². The van der Waals surface area contributed by atoms with Crippen molar-refractivity contribution in [3.8, 4) is 0 Å². The Balaban J connectivity index is 2.72. The van der Waals surface area contributed by atoms with Gasteiger partial charge in [-0.1, -0.05) is 78.0 Å². The highest BCUT2D eigenvalue weighted by molar-refractivity contribution is 6.17. The van der Waals surface area contributed by atoms with Crippen LogP contribution in [0.15, 0.2) is 24.3 Å². The zero-order valence-corrected chi connectivity index (χ0v) is 25.5. The van der Waals surface area contributed by atoms with Gasteiger partial charge in [0.15, 0.2) is 0 Å². The van der Waals surface area contributed by atoms with E-state index in [1.807, 2.05) is 0 Å². The molecule has 0 unspecified atom stereocenters. The molecule has 0 N–H and O–H groups in total. The van der Waals surface area contributed by atoms with Crippen LogP contribution in [0.3, 0.4) is 0 Å². The summed E-state index contributed by atoms with van der Waals surface area (Å²) >= 11 is 0. The van der Waals surface area contributed by atoms with E-state index >= 15 is 0 Å². The molecule has 0 saturated carbocycles. The SMILES string of the molecule is Cc1c(C)c(C)c2c(/C=C/C(C)(C)C)c3c(C)c(C)c(C)c(C)c3c(/C=C/C=C/C(C)(C)C)c2c1C. The maximum absolute atomic E-state index is 2.42. The number of fused-ring (bicyclic) bond motifs is 2. The monoisotopic (exact) mass is 480 g/mol. The molecule has 36 heavy (non-hydrogen) atoms. The summed E-state index contributed by atoms with van der Waals surface area (Å²) in [6.07, 6.45) is 13.9. The molecule has 0 aliphatic heterocycles. The van der Waals surface area contributed by atoms with Gasteiger partial charge >= 0.3 is 0 Å². The van der Waals surface area contributed by atoms with Crippen molar-refractivity contribution in [2.24, 2.45) is 10.8 Å². The first-order chi connectivity index (χ1) is 16.5. The maximum Gasteiger partial charge on any atom is -0.00640 e. The number of rotatable bonds is 3. The van der Waals surface area contributed by atoms with Crippen LogP contribution in [0.2, 0.25) is 0 Å². The van der Waals surface area contributed by atoms with Gasteiger partial charge in [0.2, 0.25) is 0 Å². The van der Waals surface area contributed by atoms with Gasteiger partial charge in [-0.15, -0.1) is 0 Å². The summed E-state index contributed by atoms with van der Waals surface area (Å²) in [5.41, 5.74) is 14.2. The van der Waals surface area contributed by atoms with Crippen LogP contribution in [0.1, 0.15) is 97.2 Å². The second-order valence-electron chi connectivity index (χ2n) is 13.1. The highest BCUT2D eigenvalue weighted by atomic mass is 14.3. The first kappa shape index (κ1) is 28.0. The van der Waals surface area contributed by atoms with Crippen molar-refractivity contribution in [1.82, 2.24) is 0 Å². The molecule has 0 aliphatic carbocycles. The van der Waals surface area contributed by atoms with Crippen LogP contribution in [0.5, 0.6) is 0 Å². The molecule has 0 fully saturated rings. The molecule has 0 amide bonds. The minimum absolute atomic E-state index is 0.111. The van der Waals surface area contributed by atoms with Crippen molar-refractivity contribution in [2.75, 3.05) is 0 Å². The van der Waals surface area contributed by atoms with Gasteiger partial charge in [0.05, 0.1) is 0 Å².